The molecule has 82 valence electrons. The van der Waals surface area contributed by atoms with E-state index in [1.807, 2.05) is 0 Å². The maximum absolute atomic E-state index is 2.52. The molecule has 1 aliphatic rings. The second kappa shape index (κ2) is 5.29. The molecule has 0 saturated heterocycles. The van der Waals surface area contributed by atoms with E-state index in [0.29, 0.717) is 0 Å². The first kappa shape index (κ1) is 10.7. The molecule has 1 heterocycles. The fourth-order valence-electron chi connectivity index (χ4n) is 2.68. The number of hydrogen-bond donors (Lipinski definition) is 0. The van der Waals surface area contributed by atoms with Gasteiger partial charge in [-0.2, -0.15) is 4.57 Å². The summed E-state index contributed by atoms with van der Waals surface area (Å²) in [5, 5.41) is 0. The fraction of sp³-hybridized carbons (Fsp3) is 0.643. The lowest BCUT2D eigenvalue weighted by molar-refractivity contribution is -0.730. The first-order chi connectivity index (χ1) is 7.42. The molecule has 0 amide bonds. The Morgan fingerprint density at radius 3 is 2.53 bits per heavy atom. The van der Waals surface area contributed by atoms with Gasteiger partial charge in [0.05, 0.1) is 0 Å². The summed E-state index contributed by atoms with van der Waals surface area (Å²) in [6.45, 7) is 2.25. The van der Waals surface area contributed by atoms with Crippen molar-refractivity contribution in [3.05, 3.63) is 30.1 Å². The van der Waals surface area contributed by atoms with Gasteiger partial charge in [-0.1, -0.05) is 25.8 Å². The molecule has 1 saturated carbocycles. The minimum absolute atomic E-state index is 0.767. The summed E-state index contributed by atoms with van der Waals surface area (Å²) in [5.41, 5.74) is 1.49. The topological polar surface area (TPSA) is 3.88 Å². The molecule has 0 atom stereocenters. The molecular formula is C14H22N+. The Morgan fingerprint density at radius 1 is 1.13 bits per heavy atom. The highest BCUT2D eigenvalue weighted by molar-refractivity contribution is 4.97. The Kier molecular flexibility index (Phi) is 3.76. The number of nitrogens with zero attached hydrogens (tertiary/aromatic N) is 1. The van der Waals surface area contributed by atoms with Crippen LogP contribution in [-0.2, 0) is 6.42 Å². The van der Waals surface area contributed by atoms with E-state index in [1.165, 1.54) is 44.2 Å². The van der Waals surface area contributed by atoms with E-state index in [2.05, 4.69) is 35.9 Å². The molecule has 0 unspecified atom stereocenters. The number of rotatable bonds is 2. The predicted octanol–water partition coefficient (Wildman–Crippen LogP) is 3.43. The van der Waals surface area contributed by atoms with Crippen molar-refractivity contribution in [2.24, 2.45) is 0 Å². The smallest absolute Gasteiger partial charge is 0.181 e. The molecule has 1 aromatic rings. The van der Waals surface area contributed by atoms with Gasteiger partial charge in [0.1, 0.15) is 0 Å². The summed E-state index contributed by atoms with van der Waals surface area (Å²) < 4.78 is 2.52. The van der Waals surface area contributed by atoms with Crippen LogP contribution in [0.4, 0.5) is 0 Å². The lowest BCUT2D eigenvalue weighted by Gasteiger charge is -2.11. The standard InChI is InChI=1S/C14H22N/c1-2-13-9-7-8-12-15(13)14-10-5-3-4-6-11-14/h7-9,12,14H,2-6,10-11H2,1H3/q+1. The molecule has 15 heavy (non-hydrogen) atoms. The van der Waals surface area contributed by atoms with Crippen molar-refractivity contribution in [3.63, 3.8) is 0 Å². The van der Waals surface area contributed by atoms with Gasteiger partial charge in [-0.25, -0.2) is 0 Å². The zero-order valence-corrected chi connectivity index (χ0v) is 9.78. The first-order valence-corrected chi connectivity index (χ1v) is 6.41. The lowest BCUT2D eigenvalue weighted by Crippen LogP contribution is -2.42. The van der Waals surface area contributed by atoms with E-state index in [9.17, 15) is 0 Å². The molecule has 1 fully saturated rings. The van der Waals surface area contributed by atoms with E-state index >= 15 is 0 Å². The van der Waals surface area contributed by atoms with Crippen LogP contribution in [-0.4, -0.2) is 0 Å². The van der Waals surface area contributed by atoms with Gasteiger partial charge in [0.25, 0.3) is 0 Å². The number of aryl methyl sites for hydroxylation is 1. The summed E-state index contributed by atoms with van der Waals surface area (Å²) >= 11 is 0. The summed E-state index contributed by atoms with van der Waals surface area (Å²) in [4.78, 5) is 0. The first-order valence-electron chi connectivity index (χ1n) is 6.41. The summed E-state index contributed by atoms with van der Waals surface area (Å²) in [5.74, 6) is 0. The van der Waals surface area contributed by atoms with Crippen LogP contribution in [0.15, 0.2) is 24.4 Å². The predicted molar refractivity (Wildman–Crippen MR) is 62.8 cm³/mol. The van der Waals surface area contributed by atoms with E-state index in [0.717, 1.165) is 12.5 Å². The highest BCUT2D eigenvalue weighted by Gasteiger charge is 2.22. The third-order valence-electron chi connectivity index (χ3n) is 3.56. The third-order valence-corrected chi connectivity index (χ3v) is 3.56. The maximum atomic E-state index is 2.52. The molecule has 0 radical (unpaired) electrons. The lowest BCUT2D eigenvalue weighted by atomic mass is 10.1. The van der Waals surface area contributed by atoms with Crippen molar-refractivity contribution in [2.45, 2.75) is 57.9 Å². The molecule has 1 aromatic heterocycles. The Bertz CT molecular complexity index is 298. The molecule has 0 aromatic carbocycles. The largest absolute Gasteiger partial charge is 0.200 e. The van der Waals surface area contributed by atoms with Crippen molar-refractivity contribution in [1.29, 1.82) is 0 Å². The second-order valence-electron chi connectivity index (χ2n) is 4.60. The van der Waals surface area contributed by atoms with Crippen LogP contribution in [0.1, 0.15) is 57.2 Å². The Labute approximate surface area is 93.1 Å². The quantitative estimate of drug-likeness (QED) is 0.513. The number of pyridine rings is 1. The van der Waals surface area contributed by atoms with Crippen LogP contribution in [0.5, 0.6) is 0 Å². The van der Waals surface area contributed by atoms with E-state index in [1.54, 1.807) is 0 Å². The van der Waals surface area contributed by atoms with E-state index in [-0.39, 0.29) is 0 Å². The maximum Gasteiger partial charge on any atom is 0.181 e. The highest BCUT2D eigenvalue weighted by atomic mass is 15.0. The minimum Gasteiger partial charge on any atom is -0.200 e. The fourth-order valence-corrected chi connectivity index (χ4v) is 2.68. The van der Waals surface area contributed by atoms with Crippen LogP contribution in [0.3, 0.4) is 0 Å². The molecule has 0 aliphatic heterocycles. The van der Waals surface area contributed by atoms with Gasteiger partial charge < -0.3 is 0 Å². The van der Waals surface area contributed by atoms with Gasteiger partial charge in [0, 0.05) is 31.4 Å². The molecule has 0 N–H and O–H groups in total. The third kappa shape index (κ3) is 2.58. The van der Waals surface area contributed by atoms with Gasteiger partial charge in [0.2, 0.25) is 0 Å². The Morgan fingerprint density at radius 2 is 1.87 bits per heavy atom. The monoisotopic (exact) mass is 204 g/mol. The van der Waals surface area contributed by atoms with Crippen molar-refractivity contribution in [3.8, 4) is 0 Å². The zero-order chi connectivity index (χ0) is 10.5. The van der Waals surface area contributed by atoms with Crippen molar-refractivity contribution in [2.75, 3.05) is 0 Å². The molecule has 2 rings (SSSR count). The Hall–Kier alpha value is -0.850. The summed E-state index contributed by atoms with van der Waals surface area (Å²) in [6.07, 6.45) is 11.9. The van der Waals surface area contributed by atoms with Crippen LogP contribution >= 0.6 is 0 Å². The highest BCUT2D eigenvalue weighted by Crippen LogP contribution is 2.23. The van der Waals surface area contributed by atoms with Gasteiger partial charge >= 0.3 is 0 Å². The minimum atomic E-state index is 0.767. The van der Waals surface area contributed by atoms with Crippen LogP contribution in [0.25, 0.3) is 0 Å². The van der Waals surface area contributed by atoms with Gasteiger partial charge in [-0.15, -0.1) is 0 Å². The zero-order valence-electron chi connectivity index (χ0n) is 9.78. The number of hydrogen-bond acceptors (Lipinski definition) is 0. The molecular weight excluding hydrogens is 182 g/mol. The van der Waals surface area contributed by atoms with Gasteiger partial charge in [-0.05, 0) is 12.8 Å². The molecule has 1 aliphatic carbocycles. The van der Waals surface area contributed by atoms with Gasteiger partial charge in [-0.3, -0.25) is 0 Å². The van der Waals surface area contributed by atoms with E-state index < -0.39 is 0 Å². The van der Waals surface area contributed by atoms with Gasteiger partial charge in [0.15, 0.2) is 17.9 Å². The Balaban J connectivity index is 2.18. The van der Waals surface area contributed by atoms with Crippen molar-refractivity contribution < 1.29 is 4.57 Å². The number of aromatic nitrogens is 1. The average Bonchev–Trinajstić information content (AvgIpc) is 2.57. The van der Waals surface area contributed by atoms with Crippen LogP contribution < -0.4 is 4.57 Å². The second-order valence-corrected chi connectivity index (χ2v) is 4.60. The normalized spacial score (nSPS) is 18.7. The molecule has 0 spiro atoms. The molecule has 0 bridgehead atoms. The molecule has 1 heteroatoms. The molecule has 1 nitrogen and oxygen atoms in total. The van der Waals surface area contributed by atoms with Crippen LogP contribution in [0, 0.1) is 0 Å². The SMILES string of the molecule is CCc1cccc[n+]1C1CCCCCC1. The van der Waals surface area contributed by atoms with Crippen molar-refractivity contribution >= 4 is 0 Å². The summed E-state index contributed by atoms with van der Waals surface area (Å²) in [6, 6.07) is 7.37. The van der Waals surface area contributed by atoms with E-state index in [4.69, 9.17) is 0 Å². The van der Waals surface area contributed by atoms with Crippen molar-refractivity contribution in [1.82, 2.24) is 0 Å². The van der Waals surface area contributed by atoms with Crippen LogP contribution in [0.2, 0.25) is 0 Å². The summed E-state index contributed by atoms with van der Waals surface area (Å²) in [7, 11) is 0. The average molecular weight is 204 g/mol.